The molecule has 9 rings (SSSR count). The van der Waals surface area contributed by atoms with E-state index in [1.165, 1.54) is 32.4 Å². The molecule has 0 N–H and O–H groups in total. The van der Waals surface area contributed by atoms with E-state index in [1.54, 1.807) is 0 Å². The highest BCUT2D eigenvalue weighted by molar-refractivity contribution is 7.03. The SMILES string of the molecule is C[Si]1(C)c2ccccc2-c2c(-c3ccccc3)nc(-n3c4ccccc4c4ccc5oc6ccccc6c5c43)nc21. The monoisotopic (exact) mass is 543 g/mol. The van der Waals surface area contributed by atoms with Crippen LogP contribution in [0.15, 0.2) is 120 Å². The second-order valence-corrected chi connectivity index (χ2v) is 15.7. The lowest BCUT2D eigenvalue weighted by atomic mass is 10.0. The average Bonchev–Trinajstić information content (AvgIpc) is 3.63. The predicted octanol–water partition coefficient (Wildman–Crippen LogP) is 7.94. The highest BCUT2D eigenvalue weighted by Crippen LogP contribution is 2.41. The summed E-state index contributed by atoms with van der Waals surface area (Å²) in [4.78, 5) is 10.9. The first kappa shape index (κ1) is 22.8. The second-order valence-electron chi connectivity index (χ2n) is 11.4. The van der Waals surface area contributed by atoms with Crippen LogP contribution in [0.4, 0.5) is 0 Å². The third kappa shape index (κ3) is 2.98. The molecule has 5 heteroatoms. The zero-order chi connectivity index (χ0) is 27.3. The minimum absolute atomic E-state index is 0.708. The van der Waals surface area contributed by atoms with Crippen LogP contribution in [0, 0.1) is 0 Å². The van der Waals surface area contributed by atoms with Crippen molar-refractivity contribution in [2.75, 3.05) is 0 Å². The van der Waals surface area contributed by atoms with Crippen molar-refractivity contribution in [1.29, 1.82) is 0 Å². The molecule has 4 heterocycles. The summed E-state index contributed by atoms with van der Waals surface area (Å²) < 4.78 is 8.62. The molecule has 0 unspecified atom stereocenters. The zero-order valence-corrected chi connectivity index (χ0v) is 23.7. The van der Waals surface area contributed by atoms with Gasteiger partial charge in [0.1, 0.15) is 19.2 Å². The van der Waals surface area contributed by atoms with Gasteiger partial charge in [0.05, 0.1) is 22.1 Å². The van der Waals surface area contributed by atoms with Gasteiger partial charge in [-0.1, -0.05) is 104 Å². The van der Waals surface area contributed by atoms with E-state index in [0.29, 0.717) is 5.95 Å². The molecule has 8 aromatic rings. The highest BCUT2D eigenvalue weighted by Gasteiger charge is 2.41. The standard InChI is InChI=1S/C36H25N3OSi/c1-41(2)30-19-11-8-16-26(30)32-33(22-12-4-3-5-13-22)37-36(38-35(32)41)39-27-17-9-6-14-23(27)24-20-21-29-31(34(24)39)25-15-7-10-18-28(25)40-29/h3-21H,1-2H3. The van der Waals surface area contributed by atoms with E-state index >= 15 is 0 Å². The molecule has 0 aliphatic carbocycles. The normalized spacial score (nSPS) is 13.8. The Kier molecular flexibility index (Phi) is 4.46. The van der Waals surface area contributed by atoms with E-state index in [9.17, 15) is 0 Å². The van der Waals surface area contributed by atoms with E-state index in [-0.39, 0.29) is 0 Å². The van der Waals surface area contributed by atoms with Gasteiger partial charge in [-0.3, -0.25) is 4.57 Å². The van der Waals surface area contributed by atoms with Gasteiger partial charge in [0.25, 0.3) is 0 Å². The maximum absolute atomic E-state index is 6.34. The molecular weight excluding hydrogens is 519 g/mol. The fraction of sp³-hybridized carbons (Fsp3) is 0.0556. The Balaban J connectivity index is 1.48. The van der Waals surface area contributed by atoms with Gasteiger partial charge in [-0.25, -0.2) is 9.97 Å². The first-order valence-electron chi connectivity index (χ1n) is 14.0. The lowest BCUT2D eigenvalue weighted by Crippen LogP contribution is -2.51. The molecule has 1 aliphatic rings. The molecule has 3 aromatic heterocycles. The molecule has 0 saturated carbocycles. The largest absolute Gasteiger partial charge is 0.456 e. The number of hydrogen-bond acceptors (Lipinski definition) is 3. The van der Waals surface area contributed by atoms with Crippen LogP contribution >= 0.6 is 0 Å². The third-order valence-electron chi connectivity index (χ3n) is 8.78. The molecule has 0 atom stereocenters. The van der Waals surface area contributed by atoms with Crippen molar-refractivity contribution in [3.63, 3.8) is 0 Å². The fourth-order valence-corrected chi connectivity index (χ4v) is 9.81. The number of para-hydroxylation sites is 2. The van der Waals surface area contributed by atoms with E-state index in [1.807, 2.05) is 12.1 Å². The first-order valence-corrected chi connectivity index (χ1v) is 17.0. The Hall–Kier alpha value is -5.00. The summed E-state index contributed by atoms with van der Waals surface area (Å²) in [6.07, 6.45) is 0. The molecule has 0 radical (unpaired) electrons. The van der Waals surface area contributed by atoms with Crippen molar-refractivity contribution in [3.8, 4) is 28.3 Å². The number of aromatic nitrogens is 3. The predicted molar refractivity (Wildman–Crippen MR) is 171 cm³/mol. The molecule has 0 saturated heterocycles. The second kappa shape index (κ2) is 8.02. The lowest BCUT2D eigenvalue weighted by Gasteiger charge is -2.19. The quantitative estimate of drug-likeness (QED) is 0.208. The van der Waals surface area contributed by atoms with Gasteiger partial charge in [-0.15, -0.1) is 0 Å². The topological polar surface area (TPSA) is 43.9 Å². The van der Waals surface area contributed by atoms with Crippen molar-refractivity contribution < 1.29 is 4.42 Å². The smallest absolute Gasteiger partial charge is 0.235 e. The van der Waals surface area contributed by atoms with Gasteiger partial charge in [0.2, 0.25) is 5.95 Å². The van der Waals surface area contributed by atoms with Crippen LogP contribution in [-0.4, -0.2) is 22.6 Å². The maximum Gasteiger partial charge on any atom is 0.235 e. The first-order chi connectivity index (χ1) is 20.1. The van der Waals surface area contributed by atoms with Crippen LogP contribution in [0.25, 0.3) is 72.1 Å². The van der Waals surface area contributed by atoms with Crippen LogP contribution in [0.3, 0.4) is 0 Å². The van der Waals surface area contributed by atoms with Crippen molar-refractivity contribution >= 4 is 62.3 Å². The van der Waals surface area contributed by atoms with Gasteiger partial charge >= 0.3 is 0 Å². The minimum Gasteiger partial charge on any atom is -0.456 e. The summed E-state index contributed by atoms with van der Waals surface area (Å²) in [5.41, 5.74) is 8.49. The number of nitrogens with zero attached hydrogens (tertiary/aromatic N) is 3. The van der Waals surface area contributed by atoms with Crippen LogP contribution in [-0.2, 0) is 0 Å². The summed E-state index contributed by atoms with van der Waals surface area (Å²) >= 11 is 0. The molecule has 5 aromatic carbocycles. The molecule has 41 heavy (non-hydrogen) atoms. The molecule has 1 aliphatic heterocycles. The van der Waals surface area contributed by atoms with Crippen molar-refractivity contribution in [3.05, 3.63) is 115 Å². The van der Waals surface area contributed by atoms with Crippen LogP contribution < -0.4 is 10.5 Å². The third-order valence-corrected chi connectivity index (χ3v) is 12.1. The molecular formula is C36H25N3OSi. The van der Waals surface area contributed by atoms with E-state index in [4.69, 9.17) is 14.4 Å². The number of hydrogen-bond donors (Lipinski definition) is 0. The minimum atomic E-state index is -2.09. The van der Waals surface area contributed by atoms with Gasteiger partial charge in [-0.05, 0) is 35.0 Å². The molecule has 194 valence electrons. The van der Waals surface area contributed by atoms with E-state index in [0.717, 1.165) is 44.2 Å². The Bertz CT molecular complexity index is 2350. The lowest BCUT2D eigenvalue weighted by molar-refractivity contribution is 0.669. The molecule has 0 amide bonds. The van der Waals surface area contributed by atoms with E-state index in [2.05, 4.69) is 121 Å². The van der Waals surface area contributed by atoms with Crippen molar-refractivity contribution in [2.24, 2.45) is 0 Å². The Labute approximate surface area is 237 Å². The average molecular weight is 544 g/mol. The summed E-state index contributed by atoms with van der Waals surface area (Å²) in [5, 5.41) is 7.16. The van der Waals surface area contributed by atoms with Crippen molar-refractivity contribution in [2.45, 2.75) is 13.1 Å². The zero-order valence-electron chi connectivity index (χ0n) is 22.7. The van der Waals surface area contributed by atoms with Gasteiger partial charge in [-0.2, -0.15) is 0 Å². The summed E-state index contributed by atoms with van der Waals surface area (Å²) in [6, 6.07) is 40.5. The Morgan fingerprint density at radius 2 is 1.37 bits per heavy atom. The number of rotatable bonds is 2. The van der Waals surface area contributed by atoms with Crippen LogP contribution in [0.5, 0.6) is 0 Å². The summed E-state index contributed by atoms with van der Waals surface area (Å²) in [7, 11) is -2.09. The Morgan fingerprint density at radius 3 is 2.24 bits per heavy atom. The number of furan rings is 1. The number of fused-ring (bicyclic) bond motifs is 10. The van der Waals surface area contributed by atoms with Gasteiger partial charge in [0, 0.05) is 32.6 Å². The highest BCUT2D eigenvalue weighted by atomic mass is 28.3. The Morgan fingerprint density at radius 1 is 0.634 bits per heavy atom. The van der Waals surface area contributed by atoms with Crippen LogP contribution in [0.1, 0.15) is 0 Å². The van der Waals surface area contributed by atoms with Crippen molar-refractivity contribution in [1.82, 2.24) is 14.5 Å². The molecule has 0 fully saturated rings. The van der Waals surface area contributed by atoms with Gasteiger partial charge < -0.3 is 4.42 Å². The molecule has 0 bridgehead atoms. The maximum atomic E-state index is 6.34. The van der Waals surface area contributed by atoms with E-state index < -0.39 is 8.07 Å². The summed E-state index contributed by atoms with van der Waals surface area (Å²) in [5.74, 6) is 0.708. The molecule has 0 spiro atoms. The molecule has 4 nitrogen and oxygen atoms in total. The summed E-state index contributed by atoms with van der Waals surface area (Å²) in [6.45, 7) is 4.83. The number of benzene rings is 5. The van der Waals surface area contributed by atoms with Gasteiger partial charge in [0.15, 0.2) is 0 Å². The van der Waals surface area contributed by atoms with Crippen LogP contribution in [0.2, 0.25) is 13.1 Å². The fourth-order valence-electron chi connectivity index (χ4n) is 6.91.